The molecule has 0 fully saturated rings. The van der Waals surface area contributed by atoms with Crippen LogP contribution >= 0.6 is 12.2 Å². The number of anilines is 1. The zero-order valence-corrected chi connectivity index (χ0v) is 20.4. The smallest absolute Gasteiger partial charge is 0.257 e. The Morgan fingerprint density at radius 1 is 0.800 bits per heavy atom. The molecule has 182 valence electrons. The molecule has 0 aliphatic rings. The average molecular weight is 492 g/mol. The monoisotopic (exact) mass is 491 g/mol. The van der Waals surface area contributed by atoms with Gasteiger partial charge in [0, 0.05) is 23.4 Å². The Morgan fingerprint density at radius 3 is 2.17 bits per heavy atom. The van der Waals surface area contributed by atoms with Crippen molar-refractivity contribution in [3.63, 3.8) is 0 Å². The standard InChI is InChI=1S/C27H29N3O4S/c1-2-3-16-28-25(31)21-8-7-9-22(19-21)29-27(35)30-26(32)20-12-14-24(15-13-20)34-18-17-33-23-10-5-4-6-11-23/h4-15,19H,2-3,16-18H2,1H3,(H,28,31)(H2,29,30,32,35). The highest BCUT2D eigenvalue weighted by molar-refractivity contribution is 7.80. The van der Waals surface area contributed by atoms with Crippen LogP contribution in [-0.2, 0) is 0 Å². The van der Waals surface area contributed by atoms with Gasteiger partial charge in [0.05, 0.1) is 0 Å². The average Bonchev–Trinajstić information content (AvgIpc) is 2.87. The quantitative estimate of drug-likeness (QED) is 0.264. The molecule has 2 amide bonds. The van der Waals surface area contributed by atoms with E-state index in [0.29, 0.717) is 42.3 Å². The van der Waals surface area contributed by atoms with Crippen molar-refractivity contribution >= 4 is 34.8 Å². The van der Waals surface area contributed by atoms with E-state index in [2.05, 4.69) is 22.9 Å². The lowest BCUT2D eigenvalue weighted by Gasteiger charge is -2.12. The number of carbonyl (C=O) groups is 2. The summed E-state index contributed by atoms with van der Waals surface area (Å²) in [6.45, 7) is 3.49. The SMILES string of the molecule is CCCCNC(=O)c1cccc(NC(=S)NC(=O)c2ccc(OCCOc3ccccc3)cc2)c1. The van der Waals surface area contributed by atoms with Gasteiger partial charge < -0.3 is 20.1 Å². The predicted octanol–water partition coefficient (Wildman–Crippen LogP) is 4.80. The highest BCUT2D eigenvalue weighted by Gasteiger charge is 2.10. The zero-order chi connectivity index (χ0) is 24.9. The number of para-hydroxylation sites is 1. The van der Waals surface area contributed by atoms with Gasteiger partial charge in [-0.05, 0) is 73.2 Å². The normalized spacial score (nSPS) is 10.2. The van der Waals surface area contributed by atoms with Crippen LogP contribution in [0.15, 0.2) is 78.9 Å². The topological polar surface area (TPSA) is 88.7 Å². The van der Waals surface area contributed by atoms with Crippen molar-refractivity contribution in [2.24, 2.45) is 0 Å². The molecule has 0 spiro atoms. The molecule has 0 atom stereocenters. The molecule has 0 aliphatic carbocycles. The number of benzene rings is 3. The first-order valence-electron chi connectivity index (χ1n) is 11.5. The minimum absolute atomic E-state index is 0.136. The molecule has 0 bridgehead atoms. The van der Waals surface area contributed by atoms with Gasteiger partial charge in [0.2, 0.25) is 0 Å². The number of unbranched alkanes of at least 4 members (excludes halogenated alkanes) is 1. The van der Waals surface area contributed by atoms with Crippen LogP contribution in [0.5, 0.6) is 11.5 Å². The lowest BCUT2D eigenvalue weighted by molar-refractivity contribution is 0.0950. The van der Waals surface area contributed by atoms with E-state index in [9.17, 15) is 9.59 Å². The maximum absolute atomic E-state index is 12.5. The highest BCUT2D eigenvalue weighted by Crippen LogP contribution is 2.14. The molecule has 3 rings (SSSR count). The largest absolute Gasteiger partial charge is 0.490 e. The number of rotatable bonds is 11. The van der Waals surface area contributed by atoms with Crippen LogP contribution in [0, 0.1) is 0 Å². The fourth-order valence-corrected chi connectivity index (χ4v) is 3.31. The summed E-state index contributed by atoms with van der Waals surface area (Å²) in [5, 5.41) is 8.60. The third-order valence-electron chi connectivity index (χ3n) is 4.91. The molecule has 3 aromatic rings. The van der Waals surface area contributed by atoms with E-state index in [1.54, 1.807) is 48.5 Å². The third kappa shape index (κ3) is 8.75. The Balaban J connectivity index is 1.44. The first-order valence-corrected chi connectivity index (χ1v) is 11.9. The van der Waals surface area contributed by atoms with Crippen molar-refractivity contribution < 1.29 is 19.1 Å². The second-order valence-electron chi connectivity index (χ2n) is 7.63. The van der Waals surface area contributed by atoms with Crippen LogP contribution in [0.4, 0.5) is 5.69 Å². The molecule has 3 N–H and O–H groups in total. The minimum Gasteiger partial charge on any atom is -0.490 e. The van der Waals surface area contributed by atoms with Crippen LogP contribution in [0.1, 0.15) is 40.5 Å². The Hall–Kier alpha value is -3.91. The summed E-state index contributed by atoms with van der Waals surface area (Å²) in [4.78, 5) is 24.8. The van der Waals surface area contributed by atoms with Gasteiger partial charge in [-0.15, -0.1) is 0 Å². The number of nitrogens with one attached hydrogen (secondary N) is 3. The van der Waals surface area contributed by atoms with Crippen molar-refractivity contribution in [2.45, 2.75) is 19.8 Å². The van der Waals surface area contributed by atoms with Crippen LogP contribution in [0.3, 0.4) is 0 Å². The fourth-order valence-electron chi connectivity index (χ4n) is 3.09. The molecule has 0 aromatic heterocycles. The molecular formula is C27H29N3O4S. The van der Waals surface area contributed by atoms with Crippen molar-refractivity contribution in [1.29, 1.82) is 0 Å². The van der Waals surface area contributed by atoms with Gasteiger partial charge in [0.15, 0.2) is 5.11 Å². The molecule has 0 heterocycles. The van der Waals surface area contributed by atoms with Gasteiger partial charge in [-0.3, -0.25) is 14.9 Å². The van der Waals surface area contributed by atoms with Gasteiger partial charge >= 0.3 is 0 Å². The Kier molecular flexibility index (Phi) is 10.1. The second kappa shape index (κ2) is 13.7. The summed E-state index contributed by atoms with van der Waals surface area (Å²) in [6, 6.07) is 23.2. The van der Waals surface area contributed by atoms with Crippen molar-refractivity contribution in [1.82, 2.24) is 10.6 Å². The number of carbonyl (C=O) groups excluding carboxylic acids is 2. The molecular weight excluding hydrogens is 462 g/mol. The van der Waals surface area contributed by atoms with Gasteiger partial charge in [-0.1, -0.05) is 37.6 Å². The van der Waals surface area contributed by atoms with E-state index in [1.165, 1.54) is 0 Å². The number of amides is 2. The summed E-state index contributed by atoms with van der Waals surface area (Å²) >= 11 is 5.26. The number of thiocarbonyl (C=S) groups is 1. The minimum atomic E-state index is -0.352. The summed E-state index contributed by atoms with van der Waals surface area (Å²) in [5.74, 6) is 0.920. The maximum atomic E-state index is 12.5. The van der Waals surface area contributed by atoms with Crippen molar-refractivity contribution in [3.05, 3.63) is 90.0 Å². The molecule has 8 heteroatoms. The van der Waals surface area contributed by atoms with Crippen LogP contribution in [0.2, 0.25) is 0 Å². The molecule has 0 saturated heterocycles. The summed E-state index contributed by atoms with van der Waals surface area (Å²) < 4.78 is 11.2. The molecule has 3 aromatic carbocycles. The first kappa shape index (κ1) is 25.7. The van der Waals surface area contributed by atoms with Gasteiger partial charge in [-0.2, -0.15) is 0 Å². The Labute approximate surface area is 210 Å². The predicted molar refractivity (Wildman–Crippen MR) is 141 cm³/mol. The number of hydrogen-bond donors (Lipinski definition) is 3. The Morgan fingerprint density at radius 2 is 1.49 bits per heavy atom. The maximum Gasteiger partial charge on any atom is 0.257 e. The number of hydrogen-bond acceptors (Lipinski definition) is 5. The first-order chi connectivity index (χ1) is 17.0. The zero-order valence-electron chi connectivity index (χ0n) is 19.6. The lowest BCUT2D eigenvalue weighted by Crippen LogP contribution is -2.34. The van der Waals surface area contributed by atoms with Gasteiger partial charge in [-0.25, -0.2) is 0 Å². The van der Waals surface area contributed by atoms with E-state index in [1.807, 2.05) is 30.3 Å². The van der Waals surface area contributed by atoms with Crippen molar-refractivity contribution in [3.8, 4) is 11.5 Å². The second-order valence-corrected chi connectivity index (χ2v) is 8.04. The molecule has 0 aliphatic heterocycles. The molecule has 35 heavy (non-hydrogen) atoms. The van der Waals surface area contributed by atoms with Gasteiger partial charge in [0.25, 0.3) is 11.8 Å². The molecule has 0 saturated carbocycles. The van der Waals surface area contributed by atoms with E-state index in [0.717, 1.165) is 18.6 Å². The molecule has 0 radical (unpaired) electrons. The summed E-state index contributed by atoms with van der Waals surface area (Å²) in [7, 11) is 0. The van der Waals surface area contributed by atoms with E-state index in [4.69, 9.17) is 21.7 Å². The lowest BCUT2D eigenvalue weighted by atomic mass is 10.2. The summed E-state index contributed by atoms with van der Waals surface area (Å²) in [6.07, 6.45) is 1.94. The van der Waals surface area contributed by atoms with Crippen LogP contribution in [-0.4, -0.2) is 36.7 Å². The van der Waals surface area contributed by atoms with Crippen LogP contribution < -0.4 is 25.4 Å². The van der Waals surface area contributed by atoms with Gasteiger partial charge in [0.1, 0.15) is 24.7 Å². The molecule has 7 nitrogen and oxygen atoms in total. The third-order valence-corrected chi connectivity index (χ3v) is 5.11. The van der Waals surface area contributed by atoms with E-state index >= 15 is 0 Å². The van der Waals surface area contributed by atoms with E-state index in [-0.39, 0.29) is 16.9 Å². The van der Waals surface area contributed by atoms with Crippen LogP contribution in [0.25, 0.3) is 0 Å². The van der Waals surface area contributed by atoms with Crippen molar-refractivity contribution in [2.75, 3.05) is 25.1 Å². The fraction of sp³-hybridized carbons (Fsp3) is 0.222. The highest BCUT2D eigenvalue weighted by atomic mass is 32.1. The molecule has 0 unspecified atom stereocenters. The van der Waals surface area contributed by atoms with E-state index < -0.39 is 0 Å². The Bertz CT molecular complexity index is 1120. The summed E-state index contributed by atoms with van der Waals surface area (Å²) in [5.41, 5.74) is 1.57. The number of ether oxygens (including phenoxy) is 2.